The van der Waals surface area contributed by atoms with Gasteiger partial charge < -0.3 is 10.1 Å². The van der Waals surface area contributed by atoms with Gasteiger partial charge in [0.25, 0.3) is 0 Å². The normalized spacial score (nSPS) is 11.8. The Labute approximate surface area is 125 Å². The fourth-order valence-electron chi connectivity index (χ4n) is 2.05. The Morgan fingerprint density at radius 2 is 2.00 bits per heavy atom. The first-order valence-electron chi connectivity index (χ1n) is 6.95. The monoisotopic (exact) mass is 290 g/mol. The molecule has 1 N–H and O–H groups in total. The third-order valence-electron chi connectivity index (χ3n) is 2.98. The van der Waals surface area contributed by atoms with Crippen molar-refractivity contribution >= 4 is 11.3 Å². The summed E-state index contributed by atoms with van der Waals surface area (Å²) in [5.74, 6) is 0. The highest BCUT2D eigenvalue weighted by Gasteiger charge is 2.16. The van der Waals surface area contributed by atoms with Crippen LogP contribution in [-0.4, -0.2) is 23.7 Å². The van der Waals surface area contributed by atoms with Gasteiger partial charge in [-0.2, -0.15) is 0 Å². The van der Waals surface area contributed by atoms with Crippen molar-refractivity contribution in [2.45, 2.75) is 32.9 Å². The topological polar surface area (TPSA) is 34.1 Å². The smallest absolute Gasteiger partial charge is 0.107 e. The fraction of sp³-hybridized carbons (Fsp3) is 0.438. The minimum atomic E-state index is -0.131. The van der Waals surface area contributed by atoms with Crippen LogP contribution >= 0.6 is 11.3 Å². The predicted molar refractivity (Wildman–Crippen MR) is 85.0 cm³/mol. The summed E-state index contributed by atoms with van der Waals surface area (Å²) in [5, 5.41) is 6.63. The zero-order valence-electron chi connectivity index (χ0n) is 12.3. The van der Waals surface area contributed by atoms with Crippen molar-refractivity contribution in [3.8, 4) is 11.3 Å². The summed E-state index contributed by atoms with van der Waals surface area (Å²) in [7, 11) is 0. The Hall–Kier alpha value is -1.23. The maximum Gasteiger partial charge on any atom is 0.107 e. The van der Waals surface area contributed by atoms with Gasteiger partial charge in [-0.05, 0) is 20.8 Å². The number of hydrogen-bond acceptors (Lipinski definition) is 4. The van der Waals surface area contributed by atoms with Crippen molar-refractivity contribution in [1.82, 2.24) is 10.3 Å². The molecule has 0 aliphatic heterocycles. The molecule has 2 rings (SSSR count). The maximum absolute atomic E-state index is 5.66. The quantitative estimate of drug-likeness (QED) is 0.844. The molecule has 3 nitrogen and oxygen atoms in total. The van der Waals surface area contributed by atoms with Crippen LogP contribution in [-0.2, 0) is 11.3 Å². The van der Waals surface area contributed by atoms with Gasteiger partial charge in [0, 0.05) is 30.6 Å². The van der Waals surface area contributed by atoms with E-state index in [1.807, 2.05) is 25.1 Å². The van der Waals surface area contributed by atoms with Crippen molar-refractivity contribution in [3.05, 3.63) is 40.7 Å². The van der Waals surface area contributed by atoms with E-state index in [0.717, 1.165) is 30.4 Å². The van der Waals surface area contributed by atoms with Crippen molar-refractivity contribution < 1.29 is 4.74 Å². The van der Waals surface area contributed by atoms with Gasteiger partial charge in [-0.3, -0.25) is 0 Å². The molecule has 1 aromatic heterocycles. The van der Waals surface area contributed by atoms with Crippen LogP contribution in [0.3, 0.4) is 0 Å². The number of benzene rings is 1. The molecule has 0 amide bonds. The van der Waals surface area contributed by atoms with Gasteiger partial charge in [0.05, 0.1) is 11.3 Å². The van der Waals surface area contributed by atoms with Gasteiger partial charge in [0.1, 0.15) is 5.01 Å². The molecule has 108 valence electrons. The highest BCUT2D eigenvalue weighted by Crippen LogP contribution is 2.21. The number of thiazole rings is 1. The fourth-order valence-corrected chi connectivity index (χ4v) is 2.82. The second-order valence-electron chi connectivity index (χ2n) is 5.29. The molecule has 1 heterocycles. The van der Waals surface area contributed by atoms with Gasteiger partial charge in [0.2, 0.25) is 0 Å². The number of hydrogen-bond donors (Lipinski definition) is 1. The average molecular weight is 290 g/mol. The summed E-state index contributed by atoms with van der Waals surface area (Å²) in [6, 6.07) is 10.3. The Kier molecular flexibility index (Phi) is 5.29. The molecule has 0 fully saturated rings. The third-order valence-corrected chi connectivity index (χ3v) is 3.83. The van der Waals surface area contributed by atoms with E-state index in [2.05, 4.69) is 41.7 Å². The lowest BCUT2D eigenvalue weighted by atomic mass is 10.1. The standard InChI is InChI=1S/C16H22N2OS/c1-4-19-16(2,3)12-17-10-15-18-14(11-20-15)13-8-6-5-7-9-13/h5-9,11,17H,4,10,12H2,1-3H3. The summed E-state index contributed by atoms with van der Waals surface area (Å²) in [6.45, 7) is 8.56. The molecule has 0 unspecified atom stereocenters. The Balaban J connectivity index is 1.88. The van der Waals surface area contributed by atoms with E-state index in [1.54, 1.807) is 11.3 Å². The summed E-state index contributed by atoms with van der Waals surface area (Å²) in [6.07, 6.45) is 0. The van der Waals surface area contributed by atoms with Crippen LogP contribution in [0.5, 0.6) is 0 Å². The van der Waals surface area contributed by atoms with Crippen LogP contribution in [0.4, 0.5) is 0 Å². The molecule has 0 bridgehead atoms. The molecule has 0 atom stereocenters. The SMILES string of the molecule is CCOC(C)(C)CNCc1nc(-c2ccccc2)cs1. The molecule has 0 saturated heterocycles. The Morgan fingerprint density at radius 1 is 1.25 bits per heavy atom. The van der Waals surface area contributed by atoms with Crippen LogP contribution < -0.4 is 5.32 Å². The largest absolute Gasteiger partial charge is 0.375 e. The molecule has 1 aromatic carbocycles. The minimum Gasteiger partial charge on any atom is -0.375 e. The molecule has 4 heteroatoms. The van der Waals surface area contributed by atoms with E-state index in [1.165, 1.54) is 5.56 Å². The van der Waals surface area contributed by atoms with Gasteiger partial charge in [0.15, 0.2) is 0 Å². The lowest BCUT2D eigenvalue weighted by Crippen LogP contribution is -2.37. The molecule has 20 heavy (non-hydrogen) atoms. The molecular formula is C16H22N2OS. The maximum atomic E-state index is 5.66. The van der Waals surface area contributed by atoms with Gasteiger partial charge >= 0.3 is 0 Å². The first kappa shape index (κ1) is 15.2. The average Bonchev–Trinajstić information content (AvgIpc) is 2.88. The molecular weight excluding hydrogens is 268 g/mol. The van der Waals surface area contributed by atoms with Gasteiger partial charge in [-0.1, -0.05) is 30.3 Å². The zero-order chi connectivity index (χ0) is 14.4. The Bertz CT molecular complexity index is 522. The number of nitrogens with zero attached hydrogens (tertiary/aromatic N) is 1. The number of aromatic nitrogens is 1. The van der Waals surface area contributed by atoms with E-state index in [4.69, 9.17) is 4.74 Å². The Morgan fingerprint density at radius 3 is 2.70 bits per heavy atom. The molecule has 0 spiro atoms. The van der Waals surface area contributed by atoms with E-state index in [-0.39, 0.29) is 5.60 Å². The number of ether oxygens (including phenoxy) is 1. The highest BCUT2D eigenvalue weighted by molar-refractivity contribution is 7.09. The molecule has 2 aromatic rings. The summed E-state index contributed by atoms with van der Waals surface area (Å²) >= 11 is 1.69. The van der Waals surface area contributed by atoms with E-state index in [0.29, 0.717) is 0 Å². The van der Waals surface area contributed by atoms with Crippen molar-refractivity contribution in [2.24, 2.45) is 0 Å². The van der Waals surface area contributed by atoms with Crippen LogP contribution in [0.25, 0.3) is 11.3 Å². The molecule has 0 aliphatic rings. The van der Waals surface area contributed by atoms with Gasteiger partial charge in [-0.25, -0.2) is 4.98 Å². The number of rotatable bonds is 7. The molecule has 0 aliphatic carbocycles. The third kappa shape index (κ3) is 4.40. The van der Waals surface area contributed by atoms with Crippen LogP contribution in [0.2, 0.25) is 0 Å². The zero-order valence-corrected chi connectivity index (χ0v) is 13.2. The lowest BCUT2D eigenvalue weighted by Gasteiger charge is -2.24. The first-order valence-corrected chi connectivity index (χ1v) is 7.83. The summed E-state index contributed by atoms with van der Waals surface area (Å²) in [5.41, 5.74) is 2.09. The summed E-state index contributed by atoms with van der Waals surface area (Å²) < 4.78 is 5.66. The van der Waals surface area contributed by atoms with Crippen LogP contribution in [0, 0.1) is 0 Å². The second kappa shape index (κ2) is 6.97. The highest BCUT2D eigenvalue weighted by atomic mass is 32.1. The predicted octanol–water partition coefficient (Wildman–Crippen LogP) is 3.71. The number of nitrogens with one attached hydrogen (secondary N) is 1. The van der Waals surface area contributed by atoms with E-state index in [9.17, 15) is 0 Å². The second-order valence-corrected chi connectivity index (χ2v) is 6.23. The van der Waals surface area contributed by atoms with Gasteiger partial charge in [-0.15, -0.1) is 11.3 Å². The minimum absolute atomic E-state index is 0.131. The van der Waals surface area contributed by atoms with Crippen LogP contribution in [0.1, 0.15) is 25.8 Å². The van der Waals surface area contributed by atoms with E-state index < -0.39 is 0 Å². The molecule has 0 radical (unpaired) electrons. The van der Waals surface area contributed by atoms with E-state index >= 15 is 0 Å². The van der Waals surface area contributed by atoms with Crippen molar-refractivity contribution in [3.63, 3.8) is 0 Å². The van der Waals surface area contributed by atoms with Crippen molar-refractivity contribution in [1.29, 1.82) is 0 Å². The summed E-state index contributed by atoms with van der Waals surface area (Å²) in [4.78, 5) is 4.66. The van der Waals surface area contributed by atoms with Crippen LogP contribution in [0.15, 0.2) is 35.7 Å². The lowest BCUT2D eigenvalue weighted by molar-refractivity contribution is -0.00897. The molecule has 0 saturated carbocycles. The first-order chi connectivity index (χ1) is 9.61. The van der Waals surface area contributed by atoms with Crippen molar-refractivity contribution in [2.75, 3.05) is 13.2 Å².